The molecule has 0 saturated carbocycles. The second-order valence-corrected chi connectivity index (χ2v) is 4.96. The fourth-order valence-corrected chi connectivity index (χ4v) is 1.91. The zero-order valence-corrected chi connectivity index (χ0v) is 10.9. The Morgan fingerprint density at radius 1 is 1.67 bits per heavy atom. The lowest BCUT2D eigenvalue weighted by atomic mass is 10.1. The molecule has 0 fully saturated rings. The molecule has 0 aliphatic heterocycles. The van der Waals surface area contributed by atoms with Gasteiger partial charge in [-0.15, -0.1) is 23.7 Å². The van der Waals surface area contributed by atoms with Gasteiger partial charge in [0.05, 0.1) is 5.02 Å². The Kier molecular flexibility index (Phi) is 5.59. The summed E-state index contributed by atoms with van der Waals surface area (Å²) < 4.78 is 0. The first-order valence-corrected chi connectivity index (χ1v) is 5.47. The molecule has 3 nitrogen and oxygen atoms in total. The van der Waals surface area contributed by atoms with Crippen molar-refractivity contribution in [3.05, 3.63) is 21.3 Å². The quantitative estimate of drug-likeness (QED) is 0.884. The van der Waals surface area contributed by atoms with Crippen LogP contribution in [0.15, 0.2) is 11.4 Å². The molecule has 1 heterocycles. The average Bonchev–Trinajstić information content (AvgIpc) is 2.51. The highest BCUT2D eigenvalue weighted by atomic mass is 35.5. The summed E-state index contributed by atoms with van der Waals surface area (Å²) in [5, 5.41) is 5.08. The van der Waals surface area contributed by atoms with Gasteiger partial charge in [-0.1, -0.05) is 11.6 Å². The Bertz CT molecular complexity index is 339. The van der Waals surface area contributed by atoms with Crippen molar-refractivity contribution in [1.29, 1.82) is 0 Å². The summed E-state index contributed by atoms with van der Waals surface area (Å²) in [7, 11) is 0. The number of carbonyl (C=O) groups excluding carboxylic acids is 1. The van der Waals surface area contributed by atoms with Gasteiger partial charge in [0.2, 0.25) is 0 Å². The molecule has 1 rings (SSSR count). The molecule has 1 aromatic rings. The summed E-state index contributed by atoms with van der Waals surface area (Å²) >= 11 is 7.15. The molecule has 0 spiro atoms. The normalized spacial score (nSPS) is 10.7. The lowest BCUT2D eigenvalue weighted by molar-refractivity contribution is 0.0920. The summed E-state index contributed by atoms with van der Waals surface area (Å²) in [6.45, 7) is 4.13. The summed E-state index contributed by atoms with van der Waals surface area (Å²) in [5.41, 5.74) is 5.10. The van der Waals surface area contributed by atoms with Crippen molar-refractivity contribution < 1.29 is 4.79 Å². The zero-order valence-electron chi connectivity index (χ0n) is 8.54. The number of thiophene rings is 1. The van der Waals surface area contributed by atoms with E-state index in [1.54, 1.807) is 11.4 Å². The molecular weight excluding hydrogens is 255 g/mol. The number of hydrogen-bond donors (Lipinski definition) is 2. The predicted molar refractivity (Wildman–Crippen MR) is 67.2 cm³/mol. The van der Waals surface area contributed by atoms with E-state index in [1.165, 1.54) is 11.3 Å². The highest BCUT2D eigenvalue weighted by molar-refractivity contribution is 7.12. The van der Waals surface area contributed by atoms with Gasteiger partial charge in [-0.25, -0.2) is 0 Å². The highest BCUT2D eigenvalue weighted by Gasteiger charge is 2.21. The van der Waals surface area contributed by atoms with Gasteiger partial charge in [0.25, 0.3) is 5.91 Å². The maximum atomic E-state index is 11.7. The van der Waals surface area contributed by atoms with Crippen LogP contribution < -0.4 is 11.1 Å². The van der Waals surface area contributed by atoms with Crippen molar-refractivity contribution >= 4 is 41.3 Å². The molecule has 0 aliphatic carbocycles. The Morgan fingerprint density at radius 3 is 2.67 bits per heavy atom. The minimum atomic E-state index is -0.398. The first-order chi connectivity index (χ1) is 6.46. The van der Waals surface area contributed by atoms with Crippen LogP contribution >= 0.6 is 35.3 Å². The van der Waals surface area contributed by atoms with Crippen molar-refractivity contribution in [2.75, 3.05) is 6.54 Å². The summed E-state index contributed by atoms with van der Waals surface area (Å²) in [6, 6.07) is 1.70. The smallest absolute Gasteiger partial charge is 0.263 e. The van der Waals surface area contributed by atoms with Crippen LogP contribution in [0.5, 0.6) is 0 Å². The molecule has 0 radical (unpaired) electrons. The molecule has 0 bridgehead atoms. The molecular formula is C9H14Cl2N2OS. The SMILES string of the molecule is CC(C)(CN)NC(=O)c1sccc1Cl.Cl. The van der Waals surface area contributed by atoms with Crippen LogP contribution in [-0.2, 0) is 0 Å². The van der Waals surface area contributed by atoms with Gasteiger partial charge in [0.1, 0.15) is 4.88 Å². The first-order valence-electron chi connectivity index (χ1n) is 4.22. The van der Waals surface area contributed by atoms with Crippen LogP contribution in [0.4, 0.5) is 0 Å². The summed E-state index contributed by atoms with van der Waals surface area (Å²) in [4.78, 5) is 12.2. The third-order valence-electron chi connectivity index (χ3n) is 1.79. The van der Waals surface area contributed by atoms with Crippen molar-refractivity contribution in [3.63, 3.8) is 0 Å². The Hall–Kier alpha value is -0.290. The topological polar surface area (TPSA) is 55.1 Å². The maximum absolute atomic E-state index is 11.7. The largest absolute Gasteiger partial charge is 0.345 e. The van der Waals surface area contributed by atoms with Gasteiger partial charge in [0.15, 0.2) is 0 Å². The van der Waals surface area contributed by atoms with Gasteiger partial charge in [-0.2, -0.15) is 0 Å². The molecule has 0 aliphatic rings. The molecule has 0 aromatic carbocycles. The van der Waals surface area contributed by atoms with Crippen LogP contribution in [0.3, 0.4) is 0 Å². The molecule has 3 N–H and O–H groups in total. The van der Waals surface area contributed by atoms with E-state index in [1.807, 2.05) is 13.8 Å². The van der Waals surface area contributed by atoms with E-state index in [2.05, 4.69) is 5.32 Å². The monoisotopic (exact) mass is 268 g/mol. The lowest BCUT2D eigenvalue weighted by Gasteiger charge is -2.23. The van der Waals surface area contributed by atoms with Gasteiger partial charge >= 0.3 is 0 Å². The maximum Gasteiger partial charge on any atom is 0.263 e. The van der Waals surface area contributed by atoms with E-state index in [0.717, 1.165) is 0 Å². The van der Waals surface area contributed by atoms with Crippen molar-refractivity contribution in [2.45, 2.75) is 19.4 Å². The van der Waals surface area contributed by atoms with Crippen LogP contribution in [0, 0.1) is 0 Å². The Morgan fingerprint density at radius 2 is 2.27 bits per heavy atom. The molecule has 6 heteroatoms. The van der Waals surface area contributed by atoms with E-state index < -0.39 is 5.54 Å². The Balaban J connectivity index is 0.00000196. The third-order valence-corrected chi connectivity index (χ3v) is 3.13. The lowest BCUT2D eigenvalue weighted by Crippen LogP contribution is -2.48. The van der Waals surface area contributed by atoms with Gasteiger partial charge in [0, 0.05) is 12.1 Å². The van der Waals surface area contributed by atoms with Crippen LogP contribution in [0.1, 0.15) is 23.5 Å². The van der Waals surface area contributed by atoms with E-state index in [4.69, 9.17) is 17.3 Å². The number of carbonyl (C=O) groups is 1. The van der Waals surface area contributed by atoms with Crippen LogP contribution in [0.25, 0.3) is 0 Å². The molecule has 86 valence electrons. The molecule has 0 atom stereocenters. The van der Waals surface area contributed by atoms with Gasteiger partial charge in [-0.05, 0) is 25.3 Å². The second kappa shape index (κ2) is 5.70. The fourth-order valence-electron chi connectivity index (χ4n) is 0.871. The fraction of sp³-hybridized carbons (Fsp3) is 0.444. The predicted octanol–water partition coefficient (Wildman–Crippen LogP) is 2.29. The van der Waals surface area contributed by atoms with Crippen molar-refractivity contribution in [1.82, 2.24) is 5.32 Å². The number of halogens is 2. The van der Waals surface area contributed by atoms with Crippen molar-refractivity contribution in [3.8, 4) is 0 Å². The molecule has 0 saturated heterocycles. The molecule has 1 aromatic heterocycles. The second-order valence-electron chi connectivity index (χ2n) is 3.64. The van der Waals surface area contributed by atoms with Crippen molar-refractivity contribution in [2.24, 2.45) is 5.73 Å². The standard InChI is InChI=1S/C9H13ClN2OS.ClH/c1-9(2,5-11)12-8(13)7-6(10)3-4-14-7;/h3-4H,5,11H2,1-2H3,(H,12,13);1H. The number of nitrogens with one attached hydrogen (secondary N) is 1. The van der Waals surface area contributed by atoms with E-state index >= 15 is 0 Å². The molecule has 15 heavy (non-hydrogen) atoms. The highest BCUT2D eigenvalue weighted by Crippen LogP contribution is 2.22. The van der Waals surface area contributed by atoms with E-state index in [0.29, 0.717) is 16.4 Å². The van der Waals surface area contributed by atoms with Crippen LogP contribution in [0.2, 0.25) is 5.02 Å². The minimum Gasteiger partial charge on any atom is -0.345 e. The first kappa shape index (κ1) is 14.7. The zero-order chi connectivity index (χ0) is 10.8. The van der Waals surface area contributed by atoms with E-state index in [9.17, 15) is 4.79 Å². The number of amides is 1. The number of hydrogen-bond acceptors (Lipinski definition) is 3. The third kappa shape index (κ3) is 3.99. The summed E-state index contributed by atoms with van der Waals surface area (Å²) in [6.07, 6.45) is 0. The number of rotatable bonds is 3. The van der Waals surface area contributed by atoms with Crippen LogP contribution in [-0.4, -0.2) is 18.0 Å². The Labute approximate surface area is 104 Å². The average molecular weight is 269 g/mol. The van der Waals surface area contributed by atoms with E-state index in [-0.39, 0.29) is 18.3 Å². The minimum absolute atomic E-state index is 0. The molecule has 1 amide bonds. The van der Waals surface area contributed by atoms with Gasteiger partial charge < -0.3 is 11.1 Å². The summed E-state index contributed by atoms with van der Waals surface area (Å²) in [5.74, 6) is -0.166. The molecule has 0 unspecified atom stereocenters. The van der Waals surface area contributed by atoms with Gasteiger partial charge in [-0.3, -0.25) is 4.79 Å². The number of nitrogens with two attached hydrogens (primary N) is 1.